The molecule has 1 rings (SSSR count). The van der Waals surface area contributed by atoms with E-state index in [1.165, 1.54) is 0 Å². The van der Waals surface area contributed by atoms with E-state index in [1.54, 1.807) is 25.1 Å². The number of nitrogens with one attached hydrogen (secondary N) is 1. The Labute approximate surface area is 112 Å². The summed E-state index contributed by atoms with van der Waals surface area (Å²) in [6, 6.07) is 4.65. The van der Waals surface area contributed by atoms with Gasteiger partial charge in [-0.3, -0.25) is 0 Å². The maximum atomic E-state index is 11.6. The molecule has 0 radical (unpaired) electrons. The predicted octanol–water partition coefficient (Wildman–Crippen LogP) is 3.38. The quantitative estimate of drug-likeness (QED) is 0.905. The zero-order valence-electron chi connectivity index (χ0n) is 9.70. The van der Waals surface area contributed by atoms with Crippen LogP contribution >= 0.6 is 23.2 Å². The second-order valence-electron chi connectivity index (χ2n) is 3.82. The van der Waals surface area contributed by atoms with Crippen LogP contribution in [-0.2, 0) is 10.0 Å². The first-order chi connectivity index (χ1) is 7.85. The van der Waals surface area contributed by atoms with Gasteiger partial charge in [-0.2, -0.15) is 0 Å². The molecule has 1 N–H and O–H groups in total. The van der Waals surface area contributed by atoms with Crippen LogP contribution in [0.1, 0.15) is 31.9 Å². The minimum atomic E-state index is -3.25. The van der Waals surface area contributed by atoms with E-state index in [1.807, 2.05) is 6.92 Å². The van der Waals surface area contributed by atoms with Gasteiger partial charge in [0.2, 0.25) is 10.0 Å². The second kappa shape index (κ2) is 6.05. The Morgan fingerprint density at radius 2 is 2.00 bits per heavy atom. The zero-order valence-corrected chi connectivity index (χ0v) is 12.0. The minimum Gasteiger partial charge on any atom is -0.212 e. The monoisotopic (exact) mass is 295 g/mol. The van der Waals surface area contributed by atoms with Gasteiger partial charge in [-0.15, -0.1) is 0 Å². The number of sulfonamides is 1. The topological polar surface area (TPSA) is 46.2 Å². The fraction of sp³-hybridized carbons (Fsp3) is 0.455. The summed E-state index contributed by atoms with van der Waals surface area (Å²) in [6.45, 7) is 3.57. The summed E-state index contributed by atoms with van der Waals surface area (Å²) in [5.74, 6) is 0.114. The van der Waals surface area contributed by atoms with E-state index in [9.17, 15) is 8.42 Å². The summed E-state index contributed by atoms with van der Waals surface area (Å²) >= 11 is 11.8. The third-order valence-electron chi connectivity index (χ3n) is 2.26. The third-order valence-corrected chi connectivity index (χ3v) is 4.48. The van der Waals surface area contributed by atoms with Gasteiger partial charge in [0.05, 0.1) is 5.75 Å². The first-order valence-corrected chi connectivity index (χ1v) is 7.71. The molecular formula is C11H15Cl2NO2S. The van der Waals surface area contributed by atoms with Crippen LogP contribution in [0.4, 0.5) is 0 Å². The highest BCUT2D eigenvalue weighted by Gasteiger charge is 2.16. The Morgan fingerprint density at radius 1 is 1.35 bits per heavy atom. The molecule has 0 aliphatic heterocycles. The molecule has 1 atom stereocenters. The average molecular weight is 296 g/mol. The fourth-order valence-corrected chi connectivity index (χ4v) is 3.41. The van der Waals surface area contributed by atoms with E-state index in [4.69, 9.17) is 23.2 Å². The molecular weight excluding hydrogens is 281 g/mol. The van der Waals surface area contributed by atoms with Crippen molar-refractivity contribution in [3.05, 3.63) is 33.8 Å². The number of rotatable bonds is 5. The van der Waals surface area contributed by atoms with Crippen molar-refractivity contribution in [2.75, 3.05) is 5.75 Å². The number of halogens is 2. The molecule has 1 aromatic carbocycles. The summed E-state index contributed by atoms with van der Waals surface area (Å²) in [7, 11) is -3.25. The highest BCUT2D eigenvalue weighted by molar-refractivity contribution is 7.89. The Kier molecular flexibility index (Phi) is 5.25. The van der Waals surface area contributed by atoms with Crippen molar-refractivity contribution < 1.29 is 8.42 Å². The molecule has 3 nitrogen and oxygen atoms in total. The van der Waals surface area contributed by atoms with Crippen molar-refractivity contribution in [3.63, 3.8) is 0 Å². The predicted molar refractivity (Wildman–Crippen MR) is 72.1 cm³/mol. The van der Waals surface area contributed by atoms with Crippen LogP contribution in [-0.4, -0.2) is 14.2 Å². The Balaban J connectivity index is 2.87. The van der Waals surface area contributed by atoms with Gasteiger partial charge in [0.15, 0.2) is 0 Å². The van der Waals surface area contributed by atoms with Crippen LogP contribution in [0.25, 0.3) is 0 Å². The van der Waals surface area contributed by atoms with Crippen LogP contribution < -0.4 is 4.72 Å². The number of hydrogen-bond acceptors (Lipinski definition) is 2. The Hall–Kier alpha value is -0.290. The zero-order chi connectivity index (χ0) is 13.1. The molecule has 6 heteroatoms. The lowest BCUT2D eigenvalue weighted by Gasteiger charge is -2.15. The lowest BCUT2D eigenvalue weighted by Crippen LogP contribution is -2.29. The van der Waals surface area contributed by atoms with Crippen molar-refractivity contribution in [3.8, 4) is 0 Å². The molecule has 0 heterocycles. The number of benzene rings is 1. The van der Waals surface area contributed by atoms with Crippen molar-refractivity contribution in [2.45, 2.75) is 26.3 Å². The largest absolute Gasteiger partial charge is 0.212 e. The van der Waals surface area contributed by atoms with E-state index in [0.717, 1.165) is 5.56 Å². The fourth-order valence-electron chi connectivity index (χ4n) is 1.51. The van der Waals surface area contributed by atoms with Crippen molar-refractivity contribution >= 4 is 33.2 Å². The van der Waals surface area contributed by atoms with Crippen LogP contribution in [0.5, 0.6) is 0 Å². The van der Waals surface area contributed by atoms with Crippen LogP contribution in [0.15, 0.2) is 18.2 Å². The number of hydrogen-bond donors (Lipinski definition) is 1. The summed E-state index contributed by atoms with van der Waals surface area (Å²) in [6.07, 6.45) is 0.580. The van der Waals surface area contributed by atoms with Crippen LogP contribution in [0.2, 0.25) is 10.0 Å². The van der Waals surface area contributed by atoms with Crippen molar-refractivity contribution in [1.29, 1.82) is 0 Å². The summed E-state index contributed by atoms with van der Waals surface area (Å²) < 4.78 is 25.8. The Bertz CT molecular complexity index is 488. The first kappa shape index (κ1) is 14.8. The van der Waals surface area contributed by atoms with E-state index < -0.39 is 10.0 Å². The standard InChI is InChI=1S/C11H15Cl2NO2S/c1-3-6-17(15,16)14-8(2)10-5-4-9(12)7-11(10)13/h4-5,7-8,14H,3,6H2,1-2H3/t8-/m1/s1. The highest BCUT2D eigenvalue weighted by atomic mass is 35.5. The van der Waals surface area contributed by atoms with E-state index in [0.29, 0.717) is 16.5 Å². The van der Waals surface area contributed by atoms with Gasteiger partial charge in [0.1, 0.15) is 0 Å². The molecule has 0 aromatic heterocycles. The van der Waals surface area contributed by atoms with Crippen molar-refractivity contribution in [2.24, 2.45) is 0 Å². The summed E-state index contributed by atoms with van der Waals surface area (Å²) in [4.78, 5) is 0. The maximum absolute atomic E-state index is 11.6. The molecule has 0 bridgehead atoms. The van der Waals surface area contributed by atoms with Gasteiger partial charge < -0.3 is 0 Å². The third kappa shape index (κ3) is 4.47. The van der Waals surface area contributed by atoms with E-state index in [-0.39, 0.29) is 11.8 Å². The van der Waals surface area contributed by atoms with Gasteiger partial charge in [-0.05, 0) is 31.0 Å². The van der Waals surface area contributed by atoms with Gasteiger partial charge in [0.25, 0.3) is 0 Å². The molecule has 0 fully saturated rings. The average Bonchev–Trinajstić information content (AvgIpc) is 2.15. The summed E-state index contributed by atoms with van der Waals surface area (Å²) in [5.41, 5.74) is 0.718. The molecule has 96 valence electrons. The molecule has 0 saturated carbocycles. The molecule has 0 unspecified atom stereocenters. The lowest BCUT2D eigenvalue weighted by molar-refractivity contribution is 0.565. The van der Waals surface area contributed by atoms with Gasteiger partial charge in [-0.25, -0.2) is 13.1 Å². The van der Waals surface area contributed by atoms with Gasteiger partial charge in [0, 0.05) is 16.1 Å². The second-order valence-corrected chi connectivity index (χ2v) is 6.54. The molecule has 1 aromatic rings. The summed E-state index contributed by atoms with van der Waals surface area (Å²) in [5, 5.41) is 0.992. The SMILES string of the molecule is CCCS(=O)(=O)N[C@H](C)c1ccc(Cl)cc1Cl. The molecule has 0 aliphatic rings. The maximum Gasteiger partial charge on any atom is 0.212 e. The van der Waals surface area contributed by atoms with Crippen LogP contribution in [0, 0.1) is 0 Å². The van der Waals surface area contributed by atoms with Crippen LogP contribution in [0.3, 0.4) is 0 Å². The molecule has 0 aliphatic carbocycles. The van der Waals surface area contributed by atoms with Crippen molar-refractivity contribution in [1.82, 2.24) is 4.72 Å². The lowest BCUT2D eigenvalue weighted by atomic mass is 10.1. The van der Waals surface area contributed by atoms with Gasteiger partial charge >= 0.3 is 0 Å². The first-order valence-electron chi connectivity index (χ1n) is 5.30. The Morgan fingerprint density at radius 3 is 2.53 bits per heavy atom. The highest BCUT2D eigenvalue weighted by Crippen LogP contribution is 2.26. The normalized spacial score (nSPS) is 13.6. The smallest absolute Gasteiger partial charge is 0.212 e. The van der Waals surface area contributed by atoms with Gasteiger partial charge in [-0.1, -0.05) is 36.2 Å². The molecule has 17 heavy (non-hydrogen) atoms. The molecule has 0 amide bonds. The van der Waals surface area contributed by atoms with E-state index >= 15 is 0 Å². The van der Waals surface area contributed by atoms with E-state index in [2.05, 4.69) is 4.72 Å². The molecule has 0 spiro atoms. The minimum absolute atomic E-state index is 0.114. The molecule has 0 saturated heterocycles.